The van der Waals surface area contributed by atoms with Crippen molar-refractivity contribution in [2.45, 2.75) is 32.4 Å². The van der Waals surface area contributed by atoms with Gasteiger partial charge in [0.25, 0.3) is 0 Å². The fraction of sp³-hybridized carbons (Fsp3) is 0.542. The van der Waals surface area contributed by atoms with Crippen molar-refractivity contribution in [2.24, 2.45) is 4.99 Å². The van der Waals surface area contributed by atoms with Gasteiger partial charge < -0.3 is 24.7 Å². The number of benzene rings is 1. The van der Waals surface area contributed by atoms with E-state index in [4.69, 9.17) is 14.1 Å². The largest absolute Gasteiger partial charge is 0.465 e. The highest BCUT2D eigenvalue weighted by Gasteiger charge is 2.26. The number of rotatable bonds is 7. The topological polar surface area (TPSA) is 65.3 Å². The molecule has 2 fully saturated rings. The number of para-hydroxylation sites is 1. The van der Waals surface area contributed by atoms with Gasteiger partial charge in [0, 0.05) is 44.5 Å². The van der Waals surface area contributed by atoms with Crippen LogP contribution >= 0.6 is 0 Å². The van der Waals surface area contributed by atoms with Gasteiger partial charge in [-0.3, -0.25) is 9.89 Å². The number of guanidine groups is 1. The average molecular weight is 426 g/mol. The molecule has 2 aliphatic rings. The molecule has 7 heteroatoms. The minimum atomic E-state index is 0.123. The summed E-state index contributed by atoms with van der Waals surface area (Å²) >= 11 is 0. The Kier molecular flexibility index (Phi) is 7.48. The molecule has 0 spiro atoms. The molecule has 2 aliphatic heterocycles. The van der Waals surface area contributed by atoms with Crippen LogP contribution in [0.3, 0.4) is 0 Å². The number of morpholine rings is 1. The van der Waals surface area contributed by atoms with Crippen molar-refractivity contribution in [3.8, 4) is 0 Å². The Hall–Kier alpha value is -2.51. The maximum absolute atomic E-state index is 5.99. The van der Waals surface area contributed by atoms with E-state index in [0.717, 1.165) is 69.8 Å². The standard InChI is InChI=1S/C24H35N5O2/c1-3-25-24(27-20-11-12-29(18-20)21-7-5-4-6-8-21)26-17-22(23-10-9-19(2)31-23)28-13-15-30-16-14-28/h4-10,20,22H,3,11-18H2,1-2H3,(H2,25,26,27). The van der Waals surface area contributed by atoms with Crippen LogP contribution in [0.1, 0.15) is 30.9 Å². The normalized spacial score (nSPS) is 21.3. The number of anilines is 1. The predicted octanol–water partition coefficient (Wildman–Crippen LogP) is 2.80. The van der Waals surface area contributed by atoms with Crippen molar-refractivity contribution in [1.29, 1.82) is 0 Å². The van der Waals surface area contributed by atoms with Gasteiger partial charge in [0.1, 0.15) is 11.5 Å². The lowest BCUT2D eigenvalue weighted by molar-refractivity contribution is 0.0135. The number of furan rings is 1. The summed E-state index contributed by atoms with van der Waals surface area (Å²) in [5, 5.41) is 7.08. The van der Waals surface area contributed by atoms with E-state index in [0.29, 0.717) is 12.6 Å². The number of hydrogen-bond acceptors (Lipinski definition) is 5. The fourth-order valence-corrected chi connectivity index (χ4v) is 4.35. The second kappa shape index (κ2) is 10.7. The third-order valence-electron chi connectivity index (χ3n) is 5.99. The van der Waals surface area contributed by atoms with Gasteiger partial charge in [-0.05, 0) is 44.5 Å². The van der Waals surface area contributed by atoms with Crippen LogP contribution in [-0.4, -0.2) is 69.4 Å². The smallest absolute Gasteiger partial charge is 0.191 e. The third kappa shape index (κ3) is 5.80. The zero-order valence-corrected chi connectivity index (χ0v) is 18.7. The van der Waals surface area contributed by atoms with Crippen LogP contribution in [0.4, 0.5) is 5.69 Å². The first kappa shape index (κ1) is 21.7. The summed E-state index contributed by atoms with van der Waals surface area (Å²) in [4.78, 5) is 9.82. The molecule has 2 N–H and O–H groups in total. The molecule has 2 atom stereocenters. The fourth-order valence-electron chi connectivity index (χ4n) is 4.35. The molecule has 0 saturated carbocycles. The van der Waals surface area contributed by atoms with Crippen LogP contribution in [0.5, 0.6) is 0 Å². The molecular formula is C24H35N5O2. The van der Waals surface area contributed by atoms with Crippen LogP contribution in [0, 0.1) is 6.92 Å². The molecule has 0 radical (unpaired) electrons. The van der Waals surface area contributed by atoms with Crippen molar-refractivity contribution in [3.05, 3.63) is 54.0 Å². The molecule has 0 aliphatic carbocycles. The van der Waals surface area contributed by atoms with E-state index in [1.165, 1.54) is 5.69 Å². The van der Waals surface area contributed by atoms with Crippen molar-refractivity contribution >= 4 is 11.6 Å². The number of aryl methyl sites for hydroxylation is 1. The highest BCUT2D eigenvalue weighted by molar-refractivity contribution is 5.80. The van der Waals surface area contributed by atoms with Crippen molar-refractivity contribution in [2.75, 3.05) is 57.4 Å². The molecule has 1 aromatic carbocycles. The highest BCUT2D eigenvalue weighted by Crippen LogP contribution is 2.24. The van der Waals surface area contributed by atoms with Crippen molar-refractivity contribution in [1.82, 2.24) is 15.5 Å². The van der Waals surface area contributed by atoms with E-state index < -0.39 is 0 Å². The Labute approximate surface area is 185 Å². The minimum Gasteiger partial charge on any atom is -0.465 e. The van der Waals surface area contributed by atoms with Gasteiger partial charge in [0.05, 0.1) is 25.8 Å². The van der Waals surface area contributed by atoms with E-state index in [1.807, 2.05) is 13.0 Å². The summed E-state index contributed by atoms with van der Waals surface area (Å²) < 4.78 is 11.5. The van der Waals surface area contributed by atoms with Gasteiger partial charge in [-0.15, -0.1) is 0 Å². The Morgan fingerprint density at radius 3 is 2.65 bits per heavy atom. The van der Waals surface area contributed by atoms with Crippen molar-refractivity contribution in [3.63, 3.8) is 0 Å². The van der Waals surface area contributed by atoms with Gasteiger partial charge >= 0.3 is 0 Å². The molecule has 0 bridgehead atoms. The Balaban J connectivity index is 1.42. The quantitative estimate of drug-likeness (QED) is 0.525. The monoisotopic (exact) mass is 425 g/mol. The van der Waals surface area contributed by atoms with Gasteiger partial charge in [-0.2, -0.15) is 0 Å². The summed E-state index contributed by atoms with van der Waals surface area (Å²) in [6.07, 6.45) is 1.10. The maximum atomic E-state index is 5.99. The first-order chi connectivity index (χ1) is 15.2. The first-order valence-corrected chi connectivity index (χ1v) is 11.5. The molecular weight excluding hydrogens is 390 g/mol. The Bertz CT molecular complexity index is 832. The Morgan fingerprint density at radius 2 is 1.94 bits per heavy atom. The summed E-state index contributed by atoms with van der Waals surface area (Å²) in [6.45, 7) is 11.0. The molecule has 2 saturated heterocycles. The molecule has 168 valence electrons. The van der Waals surface area contributed by atoms with E-state index in [9.17, 15) is 0 Å². The maximum Gasteiger partial charge on any atom is 0.191 e. The van der Waals surface area contributed by atoms with E-state index in [-0.39, 0.29) is 6.04 Å². The molecule has 1 aromatic heterocycles. The van der Waals surface area contributed by atoms with Crippen LogP contribution in [0.15, 0.2) is 51.9 Å². The molecule has 3 heterocycles. The number of ether oxygens (including phenoxy) is 1. The van der Waals surface area contributed by atoms with Gasteiger partial charge in [0.2, 0.25) is 0 Å². The lowest BCUT2D eigenvalue weighted by Crippen LogP contribution is -2.45. The summed E-state index contributed by atoms with van der Waals surface area (Å²) in [7, 11) is 0. The molecule has 4 rings (SSSR count). The first-order valence-electron chi connectivity index (χ1n) is 11.5. The predicted molar refractivity (Wildman–Crippen MR) is 125 cm³/mol. The van der Waals surface area contributed by atoms with Gasteiger partial charge in [0.15, 0.2) is 5.96 Å². The number of nitrogens with zero attached hydrogens (tertiary/aromatic N) is 3. The molecule has 7 nitrogen and oxygen atoms in total. The third-order valence-corrected chi connectivity index (χ3v) is 5.99. The van der Waals surface area contributed by atoms with Crippen LogP contribution in [-0.2, 0) is 4.74 Å². The molecule has 31 heavy (non-hydrogen) atoms. The van der Waals surface area contributed by atoms with Crippen LogP contribution < -0.4 is 15.5 Å². The lowest BCUT2D eigenvalue weighted by atomic mass is 10.1. The van der Waals surface area contributed by atoms with E-state index >= 15 is 0 Å². The second-order valence-corrected chi connectivity index (χ2v) is 8.24. The second-order valence-electron chi connectivity index (χ2n) is 8.24. The SMILES string of the molecule is CCNC(=NCC(c1ccc(C)o1)N1CCOCC1)NC1CCN(c2ccccc2)C1. The molecule has 0 amide bonds. The zero-order valence-electron chi connectivity index (χ0n) is 18.7. The van der Waals surface area contributed by atoms with E-state index in [1.54, 1.807) is 0 Å². The molecule has 2 aromatic rings. The number of hydrogen-bond donors (Lipinski definition) is 2. The summed E-state index contributed by atoms with van der Waals surface area (Å²) in [5.41, 5.74) is 1.29. The van der Waals surface area contributed by atoms with Gasteiger partial charge in [-0.1, -0.05) is 18.2 Å². The van der Waals surface area contributed by atoms with Crippen LogP contribution in [0.25, 0.3) is 0 Å². The van der Waals surface area contributed by atoms with Crippen LogP contribution in [0.2, 0.25) is 0 Å². The Morgan fingerprint density at radius 1 is 1.13 bits per heavy atom. The number of nitrogens with one attached hydrogen (secondary N) is 2. The average Bonchev–Trinajstić information content (AvgIpc) is 3.45. The summed E-state index contributed by atoms with van der Waals surface area (Å²) in [5.74, 6) is 2.80. The van der Waals surface area contributed by atoms with Gasteiger partial charge in [-0.25, -0.2) is 0 Å². The van der Waals surface area contributed by atoms with Crippen molar-refractivity contribution < 1.29 is 9.15 Å². The zero-order chi connectivity index (χ0) is 21.5. The summed E-state index contributed by atoms with van der Waals surface area (Å²) in [6, 6.07) is 15.2. The molecule has 2 unspecified atom stereocenters. The highest BCUT2D eigenvalue weighted by atomic mass is 16.5. The lowest BCUT2D eigenvalue weighted by Gasteiger charge is -2.32. The van der Waals surface area contributed by atoms with E-state index in [2.05, 4.69) is 63.8 Å². The number of aliphatic imine (C=N–C) groups is 1. The minimum absolute atomic E-state index is 0.123.